The van der Waals surface area contributed by atoms with E-state index in [-0.39, 0.29) is 17.4 Å². The number of hydrogen-bond donors (Lipinski definition) is 0. The second-order valence-electron chi connectivity index (χ2n) is 7.02. The normalized spacial score (nSPS) is 21.7. The van der Waals surface area contributed by atoms with Crippen LogP contribution in [0.5, 0.6) is 5.75 Å². The first-order valence-electron chi connectivity index (χ1n) is 8.94. The van der Waals surface area contributed by atoms with Gasteiger partial charge in [-0.2, -0.15) is 0 Å². The van der Waals surface area contributed by atoms with Crippen LogP contribution < -0.4 is 4.74 Å². The smallest absolute Gasteiger partial charge is 0.274 e. The summed E-state index contributed by atoms with van der Waals surface area (Å²) >= 11 is 0. The second-order valence-corrected chi connectivity index (χ2v) is 7.02. The Kier molecular flexibility index (Phi) is 4.79. The minimum atomic E-state index is -0.0386. The van der Waals surface area contributed by atoms with Crippen LogP contribution in [0.3, 0.4) is 0 Å². The molecule has 2 aliphatic rings. The molecule has 7 nitrogen and oxygen atoms in total. The Hall–Kier alpha value is -2.54. The van der Waals surface area contributed by atoms with Crippen LogP contribution >= 0.6 is 0 Å². The van der Waals surface area contributed by atoms with Gasteiger partial charge in [0.1, 0.15) is 18.1 Å². The van der Waals surface area contributed by atoms with Gasteiger partial charge in [-0.1, -0.05) is 0 Å². The van der Waals surface area contributed by atoms with E-state index in [2.05, 4.69) is 15.0 Å². The van der Waals surface area contributed by atoms with E-state index in [0.717, 1.165) is 44.7 Å². The molecule has 7 heteroatoms. The van der Waals surface area contributed by atoms with Crippen LogP contribution in [-0.2, 0) is 4.74 Å². The number of rotatable bonds is 4. The highest BCUT2D eigenvalue weighted by Gasteiger charge is 2.43. The number of piperidine rings is 1. The molecular weight excluding hydrogens is 332 g/mol. The molecule has 26 heavy (non-hydrogen) atoms. The van der Waals surface area contributed by atoms with E-state index in [0.29, 0.717) is 12.3 Å². The summed E-state index contributed by atoms with van der Waals surface area (Å²) in [7, 11) is 0. The van der Waals surface area contributed by atoms with Gasteiger partial charge in [-0.3, -0.25) is 14.8 Å². The van der Waals surface area contributed by atoms with Gasteiger partial charge >= 0.3 is 0 Å². The molecule has 0 bridgehead atoms. The Morgan fingerprint density at radius 1 is 1.23 bits per heavy atom. The monoisotopic (exact) mass is 354 g/mol. The summed E-state index contributed by atoms with van der Waals surface area (Å²) in [6, 6.07) is 3.75. The van der Waals surface area contributed by atoms with Crippen molar-refractivity contribution in [3.63, 3.8) is 0 Å². The molecular formula is C19H22N4O3. The number of amides is 1. The van der Waals surface area contributed by atoms with Crippen molar-refractivity contribution in [1.82, 2.24) is 19.9 Å². The predicted molar refractivity (Wildman–Crippen MR) is 93.7 cm³/mol. The molecule has 0 radical (unpaired) electrons. The predicted octanol–water partition coefficient (Wildman–Crippen LogP) is 1.96. The second kappa shape index (κ2) is 7.37. The van der Waals surface area contributed by atoms with Gasteiger partial charge in [0.25, 0.3) is 5.91 Å². The van der Waals surface area contributed by atoms with Crippen molar-refractivity contribution in [1.29, 1.82) is 0 Å². The SMILES string of the molecule is O=C(c1cnccn1)N1CCC2(CC1)CO[C@@H](COc1cccnc1)C2. The van der Waals surface area contributed by atoms with Crippen LogP contribution in [0.4, 0.5) is 0 Å². The summed E-state index contributed by atoms with van der Waals surface area (Å²) in [4.78, 5) is 26.5. The standard InChI is InChI=1S/C19H22N4O3/c24-18(17-12-21-6-7-22-17)23-8-3-19(4-9-23)10-16(26-14-19)13-25-15-2-1-5-20-11-15/h1-2,5-7,11-12,16H,3-4,8-10,13-14H2/t16-/m1/s1. The average molecular weight is 354 g/mol. The fourth-order valence-corrected chi connectivity index (χ4v) is 3.73. The Morgan fingerprint density at radius 2 is 2.08 bits per heavy atom. The molecule has 0 N–H and O–H groups in total. The Bertz CT molecular complexity index is 733. The summed E-state index contributed by atoms with van der Waals surface area (Å²) in [5.74, 6) is 0.727. The molecule has 1 amide bonds. The van der Waals surface area contributed by atoms with Crippen LogP contribution in [0.1, 0.15) is 29.8 Å². The van der Waals surface area contributed by atoms with Crippen molar-refractivity contribution in [2.24, 2.45) is 5.41 Å². The lowest BCUT2D eigenvalue weighted by Crippen LogP contribution is -2.43. The van der Waals surface area contributed by atoms with Gasteiger partial charge in [-0.05, 0) is 36.8 Å². The Labute approximate surface area is 152 Å². The number of pyridine rings is 1. The lowest BCUT2D eigenvalue weighted by molar-refractivity contribution is 0.0424. The fourth-order valence-electron chi connectivity index (χ4n) is 3.73. The number of likely N-dealkylation sites (tertiary alicyclic amines) is 1. The minimum absolute atomic E-state index is 0.0386. The third-order valence-electron chi connectivity index (χ3n) is 5.25. The van der Waals surface area contributed by atoms with E-state index in [4.69, 9.17) is 9.47 Å². The van der Waals surface area contributed by atoms with Crippen LogP contribution in [-0.4, -0.2) is 58.2 Å². The number of carbonyl (C=O) groups is 1. The highest BCUT2D eigenvalue weighted by Crippen LogP contribution is 2.42. The minimum Gasteiger partial charge on any atom is -0.489 e. The maximum absolute atomic E-state index is 12.5. The first kappa shape index (κ1) is 16.9. The number of ether oxygens (including phenoxy) is 2. The molecule has 0 unspecified atom stereocenters. The molecule has 4 rings (SSSR count). The maximum Gasteiger partial charge on any atom is 0.274 e. The average Bonchev–Trinajstić information content (AvgIpc) is 3.10. The van der Waals surface area contributed by atoms with Crippen LogP contribution in [0.25, 0.3) is 0 Å². The molecule has 1 spiro atoms. The molecule has 1 atom stereocenters. The van der Waals surface area contributed by atoms with Crippen LogP contribution in [0, 0.1) is 5.41 Å². The molecule has 0 aliphatic carbocycles. The van der Waals surface area contributed by atoms with Crippen LogP contribution in [0.2, 0.25) is 0 Å². The summed E-state index contributed by atoms with van der Waals surface area (Å²) in [5, 5.41) is 0. The Balaban J connectivity index is 1.28. The third kappa shape index (κ3) is 3.67. The highest BCUT2D eigenvalue weighted by atomic mass is 16.5. The lowest BCUT2D eigenvalue weighted by atomic mass is 9.76. The van der Waals surface area contributed by atoms with Gasteiger partial charge in [0.15, 0.2) is 0 Å². The van der Waals surface area contributed by atoms with Gasteiger partial charge in [0, 0.05) is 31.7 Å². The zero-order chi connectivity index (χ0) is 17.8. The highest BCUT2D eigenvalue weighted by molar-refractivity contribution is 5.92. The topological polar surface area (TPSA) is 77.4 Å². The molecule has 0 saturated carbocycles. The van der Waals surface area contributed by atoms with Crippen molar-refractivity contribution >= 4 is 5.91 Å². The molecule has 2 aromatic rings. The molecule has 2 saturated heterocycles. The van der Waals surface area contributed by atoms with Crippen molar-refractivity contribution in [3.8, 4) is 5.75 Å². The molecule has 136 valence electrons. The van der Waals surface area contributed by atoms with Crippen molar-refractivity contribution < 1.29 is 14.3 Å². The van der Waals surface area contributed by atoms with Gasteiger partial charge < -0.3 is 14.4 Å². The first-order valence-corrected chi connectivity index (χ1v) is 8.94. The third-order valence-corrected chi connectivity index (χ3v) is 5.25. The van der Waals surface area contributed by atoms with Gasteiger partial charge in [0.2, 0.25) is 0 Å². The summed E-state index contributed by atoms with van der Waals surface area (Å²) in [6.45, 7) is 2.74. The van der Waals surface area contributed by atoms with Gasteiger partial charge in [-0.25, -0.2) is 4.98 Å². The Morgan fingerprint density at radius 3 is 2.81 bits per heavy atom. The van der Waals surface area contributed by atoms with Crippen LogP contribution in [0.15, 0.2) is 43.1 Å². The molecule has 2 aliphatic heterocycles. The summed E-state index contributed by atoms with van der Waals surface area (Å²) in [5.41, 5.74) is 0.566. The number of aromatic nitrogens is 3. The van der Waals surface area contributed by atoms with Crippen molar-refractivity contribution in [2.75, 3.05) is 26.3 Å². The van der Waals surface area contributed by atoms with E-state index in [9.17, 15) is 4.79 Å². The maximum atomic E-state index is 12.5. The van der Waals surface area contributed by atoms with Crippen molar-refractivity contribution in [2.45, 2.75) is 25.4 Å². The van der Waals surface area contributed by atoms with E-state index in [1.807, 2.05) is 17.0 Å². The molecule has 0 aromatic carbocycles. The quantitative estimate of drug-likeness (QED) is 0.835. The molecule has 2 aromatic heterocycles. The zero-order valence-corrected chi connectivity index (χ0v) is 14.6. The van der Waals surface area contributed by atoms with Gasteiger partial charge in [-0.15, -0.1) is 0 Å². The summed E-state index contributed by atoms with van der Waals surface area (Å²) in [6.07, 6.45) is 11.0. The molecule has 2 fully saturated rings. The van der Waals surface area contributed by atoms with Gasteiger partial charge in [0.05, 0.1) is 25.1 Å². The zero-order valence-electron chi connectivity index (χ0n) is 14.6. The number of nitrogens with zero attached hydrogens (tertiary/aromatic N) is 4. The first-order chi connectivity index (χ1) is 12.7. The number of carbonyl (C=O) groups excluding carboxylic acids is 1. The summed E-state index contributed by atoms with van der Waals surface area (Å²) < 4.78 is 11.8. The molecule has 4 heterocycles. The fraction of sp³-hybridized carbons (Fsp3) is 0.474. The number of hydrogen-bond acceptors (Lipinski definition) is 6. The largest absolute Gasteiger partial charge is 0.489 e. The van der Waals surface area contributed by atoms with E-state index < -0.39 is 0 Å². The van der Waals surface area contributed by atoms with E-state index in [1.165, 1.54) is 6.20 Å². The van der Waals surface area contributed by atoms with E-state index in [1.54, 1.807) is 24.8 Å². The lowest BCUT2D eigenvalue weighted by Gasteiger charge is -2.38. The van der Waals surface area contributed by atoms with E-state index >= 15 is 0 Å². The van der Waals surface area contributed by atoms with Crippen molar-refractivity contribution in [3.05, 3.63) is 48.8 Å².